The van der Waals surface area contributed by atoms with E-state index in [0.29, 0.717) is 11.5 Å². The summed E-state index contributed by atoms with van der Waals surface area (Å²) in [5, 5.41) is 12.8. The molecule has 1 aliphatic heterocycles. The molecule has 1 N–H and O–H groups in total. The fourth-order valence-corrected chi connectivity index (χ4v) is 2.88. The molecule has 3 nitrogen and oxygen atoms in total. The van der Waals surface area contributed by atoms with Crippen molar-refractivity contribution in [1.29, 1.82) is 5.26 Å². The zero-order chi connectivity index (χ0) is 12.6. The van der Waals surface area contributed by atoms with E-state index in [1.54, 1.807) is 0 Å². The molecule has 0 radical (unpaired) electrons. The molecular formula is C15H19N3. The van der Waals surface area contributed by atoms with Gasteiger partial charge in [-0.15, -0.1) is 0 Å². The second-order valence-corrected chi connectivity index (χ2v) is 5.74. The molecule has 1 aromatic carbocycles. The number of nitriles is 1. The molecule has 0 aromatic heterocycles. The van der Waals surface area contributed by atoms with Gasteiger partial charge in [0.25, 0.3) is 0 Å². The van der Waals surface area contributed by atoms with Crippen LogP contribution in [0.3, 0.4) is 0 Å². The number of nitrogens with zero attached hydrogens (tertiary/aromatic N) is 2. The van der Waals surface area contributed by atoms with Crippen LogP contribution in [-0.2, 0) is 0 Å². The molecule has 1 spiro atoms. The molecule has 1 aliphatic carbocycles. The maximum Gasteiger partial charge on any atom is 0.101 e. The normalized spacial score (nSPS) is 25.6. The van der Waals surface area contributed by atoms with Gasteiger partial charge in [-0.1, -0.05) is 12.1 Å². The van der Waals surface area contributed by atoms with Crippen molar-refractivity contribution in [2.45, 2.75) is 25.8 Å². The minimum absolute atomic E-state index is 0.444. The molecule has 1 saturated heterocycles. The standard InChI is InChI=1S/C15H19N3/c1-12-9-17-10-15(6-7-15)11-18(12)14-5-3-2-4-13(14)8-16/h2-5,12,17H,6-7,9-11H2,1H3. The summed E-state index contributed by atoms with van der Waals surface area (Å²) in [6.07, 6.45) is 2.63. The molecule has 0 bridgehead atoms. The Hall–Kier alpha value is -1.53. The van der Waals surface area contributed by atoms with Gasteiger partial charge in [-0.05, 0) is 31.9 Å². The van der Waals surface area contributed by atoms with Crippen LogP contribution < -0.4 is 10.2 Å². The van der Waals surface area contributed by atoms with Gasteiger partial charge in [0, 0.05) is 31.1 Å². The maximum absolute atomic E-state index is 9.26. The Kier molecular flexibility index (Phi) is 2.76. The lowest BCUT2D eigenvalue weighted by Crippen LogP contribution is -2.38. The van der Waals surface area contributed by atoms with Crippen molar-refractivity contribution in [3.63, 3.8) is 0 Å². The van der Waals surface area contributed by atoms with E-state index in [9.17, 15) is 5.26 Å². The van der Waals surface area contributed by atoms with E-state index >= 15 is 0 Å². The van der Waals surface area contributed by atoms with E-state index in [0.717, 1.165) is 30.9 Å². The van der Waals surface area contributed by atoms with E-state index in [-0.39, 0.29) is 0 Å². The first kappa shape index (κ1) is 11.6. The molecule has 1 atom stereocenters. The van der Waals surface area contributed by atoms with E-state index < -0.39 is 0 Å². The summed E-state index contributed by atoms with van der Waals surface area (Å²) in [6.45, 7) is 5.45. The van der Waals surface area contributed by atoms with Crippen LogP contribution in [0.4, 0.5) is 5.69 Å². The van der Waals surface area contributed by atoms with Crippen LogP contribution in [0, 0.1) is 16.7 Å². The number of para-hydroxylation sites is 1. The Morgan fingerprint density at radius 2 is 2.17 bits per heavy atom. The highest BCUT2D eigenvalue weighted by Crippen LogP contribution is 2.47. The van der Waals surface area contributed by atoms with Gasteiger partial charge in [-0.3, -0.25) is 0 Å². The third-order valence-electron chi connectivity index (χ3n) is 4.27. The lowest BCUT2D eigenvalue weighted by Gasteiger charge is -2.32. The van der Waals surface area contributed by atoms with Crippen molar-refractivity contribution >= 4 is 5.69 Å². The fourth-order valence-electron chi connectivity index (χ4n) is 2.88. The van der Waals surface area contributed by atoms with Crippen molar-refractivity contribution in [2.75, 3.05) is 24.5 Å². The third kappa shape index (κ3) is 1.97. The number of rotatable bonds is 1. The summed E-state index contributed by atoms with van der Waals surface area (Å²) in [5.41, 5.74) is 2.36. The molecule has 2 fully saturated rings. The Morgan fingerprint density at radius 3 is 2.89 bits per heavy atom. The van der Waals surface area contributed by atoms with Crippen molar-refractivity contribution in [3.8, 4) is 6.07 Å². The molecule has 1 saturated carbocycles. The molecule has 0 amide bonds. The molecule has 2 aliphatic rings. The fraction of sp³-hybridized carbons (Fsp3) is 0.533. The van der Waals surface area contributed by atoms with Crippen LogP contribution in [0.5, 0.6) is 0 Å². The van der Waals surface area contributed by atoms with Crippen LogP contribution in [0.15, 0.2) is 24.3 Å². The SMILES string of the molecule is CC1CNCC2(CC2)CN1c1ccccc1C#N. The second kappa shape index (κ2) is 4.29. The van der Waals surface area contributed by atoms with Crippen LogP contribution in [0.25, 0.3) is 0 Å². The van der Waals surface area contributed by atoms with Crippen molar-refractivity contribution in [1.82, 2.24) is 5.32 Å². The van der Waals surface area contributed by atoms with E-state index in [2.05, 4.69) is 29.3 Å². The first-order valence-corrected chi connectivity index (χ1v) is 6.71. The van der Waals surface area contributed by atoms with Crippen molar-refractivity contribution < 1.29 is 0 Å². The molecule has 1 aromatic rings. The molecule has 94 valence electrons. The summed E-state index contributed by atoms with van der Waals surface area (Å²) >= 11 is 0. The summed E-state index contributed by atoms with van der Waals surface area (Å²) in [5.74, 6) is 0. The minimum atomic E-state index is 0.444. The number of anilines is 1. The Morgan fingerprint density at radius 1 is 1.39 bits per heavy atom. The molecule has 18 heavy (non-hydrogen) atoms. The lowest BCUT2D eigenvalue weighted by molar-refractivity contribution is 0.500. The number of benzene rings is 1. The highest BCUT2D eigenvalue weighted by atomic mass is 15.2. The van der Waals surface area contributed by atoms with E-state index in [1.807, 2.05) is 18.2 Å². The smallest absolute Gasteiger partial charge is 0.101 e. The molecular weight excluding hydrogens is 222 g/mol. The maximum atomic E-state index is 9.26. The van der Waals surface area contributed by atoms with Crippen molar-refractivity contribution in [3.05, 3.63) is 29.8 Å². The zero-order valence-electron chi connectivity index (χ0n) is 10.8. The quantitative estimate of drug-likeness (QED) is 0.818. The predicted octanol–water partition coefficient (Wildman–Crippen LogP) is 2.14. The molecule has 3 heteroatoms. The lowest BCUT2D eigenvalue weighted by atomic mass is 10.1. The summed E-state index contributed by atoms with van der Waals surface area (Å²) in [6, 6.07) is 10.7. The predicted molar refractivity (Wildman–Crippen MR) is 72.5 cm³/mol. The van der Waals surface area contributed by atoms with Crippen LogP contribution in [-0.4, -0.2) is 25.7 Å². The first-order valence-electron chi connectivity index (χ1n) is 6.71. The molecule has 3 rings (SSSR count). The highest BCUT2D eigenvalue weighted by Gasteiger charge is 2.45. The second-order valence-electron chi connectivity index (χ2n) is 5.74. The van der Waals surface area contributed by atoms with Crippen LogP contribution >= 0.6 is 0 Å². The third-order valence-corrected chi connectivity index (χ3v) is 4.27. The van der Waals surface area contributed by atoms with Crippen LogP contribution in [0.1, 0.15) is 25.3 Å². The minimum Gasteiger partial charge on any atom is -0.366 e. The zero-order valence-corrected chi connectivity index (χ0v) is 10.8. The Balaban J connectivity index is 1.95. The average Bonchev–Trinajstić information content (AvgIpc) is 3.18. The van der Waals surface area contributed by atoms with Gasteiger partial charge in [-0.2, -0.15) is 5.26 Å². The van der Waals surface area contributed by atoms with Crippen LogP contribution in [0.2, 0.25) is 0 Å². The van der Waals surface area contributed by atoms with Gasteiger partial charge < -0.3 is 10.2 Å². The van der Waals surface area contributed by atoms with Gasteiger partial charge in [0.1, 0.15) is 6.07 Å². The van der Waals surface area contributed by atoms with Gasteiger partial charge in [0.2, 0.25) is 0 Å². The van der Waals surface area contributed by atoms with Gasteiger partial charge >= 0.3 is 0 Å². The topological polar surface area (TPSA) is 39.1 Å². The Labute approximate surface area is 108 Å². The molecule has 1 unspecified atom stereocenters. The number of nitrogens with one attached hydrogen (secondary N) is 1. The van der Waals surface area contributed by atoms with Gasteiger partial charge in [-0.25, -0.2) is 0 Å². The first-order chi connectivity index (χ1) is 8.74. The van der Waals surface area contributed by atoms with Gasteiger partial charge in [0.05, 0.1) is 11.3 Å². The molecule has 1 heterocycles. The van der Waals surface area contributed by atoms with Crippen molar-refractivity contribution in [2.24, 2.45) is 5.41 Å². The monoisotopic (exact) mass is 241 g/mol. The van der Waals surface area contributed by atoms with E-state index in [1.165, 1.54) is 12.8 Å². The Bertz CT molecular complexity index is 485. The average molecular weight is 241 g/mol. The summed E-state index contributed by atoms with van der Waals surface area (Å²) in [4.78, 5) is 2.42. The van der Waals surface area contributed by atoms with E-state index in [4.69, 9.17) is 0 Å². The highest BCUT2D eigenvalue weighted by molar-refractivity contribution is 5.60. The summed E-state index contributed by atoms with van der Waals surface area (Å²) in [7, 11) is 0. The summed E-state index contributed by atoms with van der Waals surface area (Å²) < 4.78 is 0. The number of hydrogen-bond acceptors (Lipinski definition) is 3. The largest absolute Gasteiger partial charge is 0.366 e. The van der Waals surface area contributed by atoms with Gasteiger partial charge in [0.15, 0.2) is 0 Å². The number of hydrogen-bond donors (Lipinski definition) is 1.